The molecule has 0 aliphatic heterocycles. The van der Waals surface area contributed by atoms with E-state index in [0.29, 0.717) is 11.4 Å². The quantitative estimate of drug-likeness (QED) is 0.431. The first-order chi connectivity index (χ1) is 15.9. The van der Waals surface area contributed by atoms with Crippen molar-refractivity contribution in [1.82, 2.24) is 4.31 Å². The summed E-state index contributed by atoms with van der Waals surface area (Å²) in [6.07, 6.45) is 1.94. The lowest BCUT2D eigenvalue weighted by Crippen LogP contribution is -2.37. The summed E-state index contributed by atoms with van der Waals surface area (Å²) in [5, 5.41) is 2.79. The van der Waals surface area contributed by atoms with Crippen molar-refractivity contribution in [3.05, 3.63) is 78.4 Å². The van der Waals surface area contributed by atoms with Gasteiger partial charge < -0.3 is 14.8 Å². The molecule has 0 bridgehead atoms. The van der Waals surface area contributed by atoms with Gasteiger partial charge >= 0.3 is 0 Å². The van der Waals surface area contributed by atoms with E-state index in [-0.39, 0.29) is 23.7 Å². The summed E-state index contributed by atoms with van der Waals surface area (Å²) in [6, 6.07) is 20.9. The molecular weight excluding hydrogens is 460 g/mol. The highest BCUT2D eigenvalue weighted by Gasteiger charge is 2.28. The highest BCUT2D eigenvalue weighted by Crippen LogP contribution is 2.31. The Kier molecular flexibility index (Phi) is 8.37. The van der Waals surface area contributed by atoms with Gasteiger partial charge in [0, 0.05) is 23.2 Å². The molecule has 1 N–H and O–H groups in total. The van der Waals surface area contributed by atoms with E-state index in [2.05, 4.69) is 5.32 Å². The third-order valence-corrected chi connectivity index (χ3v) is 7.38. The molecule has 0 unspecified atom stereocenters. The smallest absolute Gasteiger partial charge is 0.243 e. The number of nitrogens with zero attached hydrogens (tertiary/aromatic N) is 1. The number of ether oxygens (including phenoxy) is 2. The van der Waals surface area contributed by atoms with Gasteiger partial charge in [-0.1, -0.05) is 36.4 Å². The van der Waals surface area contributed by atoms with Crippen molar-refractivity contribution in [3.8, 4) is 11.5 Å². The second-order valence-corrected chi connectivity index (χ2v) is 9.87. The molecule has 0 fully saturated rings. The van der Waals surface area contributed by atoms with Crippen molar-refractivity contribution in [2.75, 3.05) is 32.3 Å². The van der Waals surface area contributed by atoms with E-state index < -0.39 is 15.9 Å². The molecule has 3 aromatic rings. The Balaban J connectivity index is 1.90. The molecule has 0 spiro atoms. The van der Waals surface area contributed by atoms with Crippen LogP contribution in [0.5, 0.6) is 11.5 Å². The topological polar surface area (TPSA) is 84.9 Å². The van der Waals surface area contributed by atoms with Crippen molar-refractivity contribution in [2.24, 2.45) is 0 Å². The second-order valence-electron chi connectivity index (χ2n) is 7.06. The molecule has 3 rings (SSSR count). The largest absolute Gasteiger partial charge is 0.493 e. The molecule has 174 valence electrons. The van der Waals surface area contributed by atoms with E-state index >= 15 is 0 Å². The summed E-state index contributed by atoms with van der Waals surface area (Å²) in [4.78, 5) is 13.8. The first-order valence-electron chi connectivity index (χ1n) is 10.1. The molecule has 0 aliphatic carbocycles. The van der Waals surface area contributed by atoms with Gasteiger partial charge in [-0.05, 0) is 42.2 Å². The van der Waals surface area contributed by atoms with Crippen molar-refractivity contribution in [3.63, 3.8) is 0 Å². The number of amides is 1. The van der Waals surface area contributed by atoms with Gasteiger partial charge in [0.15, 0.2) is 11.5 Å². The van der Waals surface area contributed by atoms with E-state index in [1.54, 1.807) is 17.8 Å². The molecule has 7 nitrogen and oxygen atoms in total. The number of thioether (sulfide) groups is 1. The van der Waals surface area contributed by atoms with Crippen LogP contribution >= 0.6 is 11.8 Å². The predicted molar refractivity (Wildman–Crippen MR) is 130 cm³/mol. The summed E-state index contributed by atoms with van der Waals surface area (Å²) in [5.41, 5.74) is 1.37. The lowest BCUT2D eigenvalue weighted by molar-refractivity contribution is -0.116. The van der Waals surface area contributed by atoms with Crippen LogP contribution in [0.4, 0.5) is 5.69 Å². The monoisotopic (exact) mass is 486 g/mol. The first kappa shape index (κ1) is 24.6. The van der Waals surface area contributed by atoms with E-state index in [1.807, 2.05) is 54.8 Å². The van der Waals surface area contributed by atoms with Gasteiger partial charge in [0.1, 0.15) is 0 Å². The van der Waals surface area contributed by atoms with Gasteiger partial charge in [0.25, 0.3) is 0 Å². The van der Waals surface area contributed by atoms with Crippen molar-refractivity contribution in [1.29, 1.82) is 0 Å². The molecule has 0 aliphatic rings. The standard InChI is InChI=1S/C24H26N2O5S2/c1-30-22-13-12-21(15-23(22)31-2)33(28,29)26(16-18-8-5-4-6-9-18)17-24(27)25-19-10-7-11-20(14-19)32-3/h4-15H,16-17H2,1-3H3,(H,25,27). The van der Waals surface area contributed by atoms with Gasteiger partial charge in [0.05, 0.1) is 25.7 Å². The van der Waals surface area contributed by atoms with E-state index in [0.717, 1.165) is 14.8 Å². The minimum Gasteiger partial charge on any atom is -0.493 e. The van der Waals surface area contributed by atoms with Crippen molar-refractivity contribution in [2.45, 2.75) is 16.3 Å². The third-order valence-electron chi connectivity index (χ3n) is 4.87. The molecule has 0 saturated heterocycles. The Morgan fingerprint density at radius 1 is 0.939 bits per heavy atom. The Labute approximate surface area is 198 Å². The Morgan fingerprint density at radius 2 is 1.67 bits per heavy atom. The van der Waals surface area contributed by atoms with Crippen LogP contribution < -0.4 is 14.8 Å². The summed E-state index contributed by atoms with van der Waals surface area (Å²) in [7, 11) is -1.11. The summed E-state index contributed by atoms with van der Waals surface area (Å²) in [6.45, 7) is -0.315. The maximum absolute atomic E-state index is 13.5. The van der Waals surface area contributed by atoms with Crippen LogP contribution in [0.3, 0.4) is 0 Å². The number of sulfonamides is 1. The molecule has 0 saturated carbocycles. The highest BCUT2D eigenvalue weighted by molar-refractivity contribution is 7.98. The molecule has 0 radical (unpaired) electrons. The van der Waals surface area contributed by atoms with Gasteiger partial charge in [-0.3, -0.25) is 4.79 Å². The fourth-order valence-electron chi connectivity index (χ4n) is 3.20. The number of nitrogens with one attached hydrogen (secondary N) is 1. The summed E-state index contributed by atoms with van der Waals surface area (Å²) in [5.74, 6) is 0.266. The normalized spacial score (nSPS) is 11.3. The van der Waals surface area contributed by atoms with Gasteiger partial charge in [-0.2, -0.15) is 4.31 Å². The minimum atomic E-state index is -4.02. The summed E-state index contributed by atoms with van der Waals surface area (Å²) >= 11 is 1.55. The van der Waals surface area contributed by atoms with Gasteiger partial charge in [-0.25, -0.2) is 8.42 Å². The summed E-state index contributed by atoms with van der Waals surface area (Å²) < 4.78 is 38.7. The SMILES string of the molecule is COc1ccc(S(=O)(=O)N(CC(=O)Nc2cccc(SC)c2)Cc2ccccc2)cc1OC. The van der Waals surface area contributed by atoms with Crippen LogP contribution in [0.25, 0.3) is 0 Å². The molecule has 0 atom stereocenters. The van der Waals surface area contributed by atoms with Crippen molar-refractivity contribution >= 4 is 33.4 Å². The number of methoxy groups -OCH3 is 2. The molecule has 0 heterocycles. The predicted octanol–water partition coefficient (Wildman–Crippen LogP) is 4.26. The number of carbonyl (C=O) groups excluding carboxylic acids is 1. The fraction of sp³-hybridized carbons (Fsp3) is 0.208. The zero-order valence-electron chi connectivity index (χ0n) is 18.6. The van der Waals surface area contributed by atoms with E-state index in [9.17, 15) is 13.2 Å². The third kappa shape index (κ3) is 6.28. The van der Waals surface area contributed by atoms with Crippen LogP contribution in [-0.4, -0.2) is 45.7 Å². The van der Waals surface area contributed by atoms with Crippen molar-refractivity contribution < 1.29 is 22.7 Å². The average molecular weight is 487 g/mol. The lowest BCUT2D eigenvalue weighted by Gasteiger charge is -2.22. The average Bonchev–Trinajstić information content (AvgIpc) is 2.83. The molecule has 3 aromatic carbocycles. The maximum atomic E-state index is 13.5. The fourth-order valence-corrected chi connectivity index (χ4v) is 5.06. The van der Waals surface area contributed by atoms with E-state index in [4.69, 9.17) is 9.47 Å². The lowest BCUT2D eigenvalue weighted by atomic mass is 10.2. The number of hydrogen-bond donors (Lipinski definition) is 1. The zero-order chi connectivity index (χ0) is 23.8. The maximum Gasteiger partial charge on any atom is 0.243 e. The molecule has 1 amide bonds. The van der Waals surface area contributed by atoms with Crippen LogP contribution in [0.15, 0.2) is 82.6 Å². The first-order valence-corrected chi connectivity index (χ1v) is 12.7. The molecule has 9 heteroatoms. The molecular formula is C24H26N2O5S2. The number of hydrogen-bond acceptors (Lipinski definition) is 6. The number of anilines is 1. The highest BCUT2D eigenvalue weighted by atomic mass is 32.2. The molecule has 33 heavy (non-hydrogen) atoms. The van der Waals surface area contributed by atoms with Gasteiger partial charge in [-0.15, -0.1) is 11.8 Å². The van der Waals surface area contributed by atoms with Crippen LogP contribution in [0.2, 0.25) is 0 Å². The Hall–Kier alpha value is -3.01. The minimum absolute atomic E-state index is 0.00765. The van der Waals surface area contributed by atoms with E-state index in [1.165, 1.54) is 32.4 Å². The number of rotatable bonds is 10. The Morgan fingerprint density at radius 3 is 2.33 bits per heavy atom. The number of carbonyl (C=O) groups is 1. The Bertz CT molecular complexity index is 1200. The van der Waals surface area contributed by atoms with Crippen LogP contribution in [-0.2, 0) is 21.4 Å². The van der Waals surface area contributed by atoms with Gasteiger partial charge in [0.2, 0.25) is 15.9 Å². The second kappa shape index (κ2) is 11.2. The number of benzene rings is 3. The van der Waals surface area contributed by atoms with Crippen LogP contribution in [0.1, 0.15) is 5.56 Å². The molecule has 0 aromatic heterocycles. The van der Waals surface area contributed by atoms with Crippen LogP contribution in [0, 0.1) is 0 Å². The zero-order valence-corrected chi connectivity index (χ0v) is 20.3.